The normalized spacial score (nSPS) is 27.6. The highest BCUT2D eigenvalue weighted by atomic mass is 16.5. The minimum atomic E-state index is -0.000596. The Morgan fingerprint density at radius 3 is 2.68 bits per heavy atom. The van der Waals surface area contributed by atoms with Gasteiger partial charge >= 0.3 is 0 Å². The minimum Gasteiger partial charge on any atom is -0.383 e. The van der Waals surface area contributed by atoms with Crippen LogP contribution in [-0.4, -0.2) is 43.7 Å². The van der Waals surface area contributed by atoms with Crippen molar-refractivity contribution in [2.45, 2.75) is 46.1 Å². The lowest BCUT2D eigenvalue weighted by molar-refractivity contribution is -0.138. The maximum Gasteiger partial charge on any atom is 0.227 e. The smallest absolute Gasteiger partial charge is 0.227 e. The molecular weight excluding hydrogens is 240 g/mol. The Kier molecular flexibility index (Phi) is 6.80. The zero-order chi connectivity index (χ0) is 14.4. The predicted molar refractivity (Wildman–Crippen MR) is 77.8 cm³/mol. The van der Waals surface area contributed by atoms with Crippen LogP contribution in [0, 0.1) is 17.8 Å². The standard InChI is InChI=1S/C15H30N2O2/c1-11(2)10-17(7-8-19-4)15(18)13-9-12(3)5-6-14(13)16/h11-14H,5-10,16H2,1-4H3. The van der Waals surface area contributed by atoms with E-state index >= 15 is 0 Å². The molecule has 0 saturated heterocycles. The number of methoxy groups -OCH3 is 1. The van der Waals surface area contributed by atoms with Crippen molar-refractivity contribution in [3.8, 4) is 0 Å². The lowest BCUT2D eigenvalue weighted by atomic mass is 9.78. The van der Waals surface area contributed by atoms with Gasteiger partial charge in [0, 0.05) is 26.2 Å². The van der Waals surface area contributed by atoms with Gasteiger partial charge in [0.25, 0.3) is 0 Å². The molecule has 1 aliphatic rings. The van der Waals surface area contributed by atoms with E-state index in [1.165, 1.54) is 0 Å². The van der Waals surface area contributed by atoms with Crippen molar-refractivity contribution in [2.24, 2.45) is 23.5 Å². The topological polar surface area (TPSA) is 55.6 Å². The molecule has 4 nitrogen and oxygen atoms in total. The average Bonchev–Trinajstić information content (AvgIpc) is 2.36. The van der Waals surface area contributed by atoms with Crippen molar-refractivity contribution >= 4 is 5.91 Å². The van der Waals surface area contributed by atoms with Gasteiger partial charge in [0.1, 0.15) is 0 Å². The summed E-state index contributed by atoms with van der Waals surface area (Å²) in [6.45, 7) is 8.54. The van der Waals surface area contributed by atoms with Gasteiger partial charge < -0.3 is 15.4 Å². The highest BCUT2D eigenvalue weighted by Gasteiger charge is 2.34. The number of carbonyl (C=O) groups excluding carboxylic acids is 1. The Morgan fingerprint density at radius 2 is 2.11 bits per heavy atom. The second-order valence-corrected chi connectivity index (χ2v) is 6.36. The predicted octanol–water partition coefficient (Wildman–Crippen LogP) is 1.88. The van der Waals surface area contributed by atoms with E-state index in [4.69, 9.17) is 10.5 Å². The van der Waals surface area contributed by atoms with Crippen LogP contribution in [0.5, 0.6) is 0 Å². The van der Waals surface area contributed by atoms with Crippen LogP contribution in [0.25, 0.3) is 0 Å². The molecule has 112 valence electrons. The first-order valence-corrected chi connectivity index (χ1v) is 7.49. The molecule has 0 spiro atoms. The summed E-state index contributed by atoms with van der Waals surface area (Å²) in [4.78, 5) is 14.6. The molecule has 0 heterocycles. The number of nitrogens with zero attached hydrogens (tertiary/aromatic N) is 1. The van der Waals surface area contributed by atoms with E-state index in [-0.39, 0.29) is 17.9 Å². The molecule has 0 aromatic rings. The van der Waals surface area contributed by atoms with Gasteiger partial charge in [-0.3, -0.25) is 4.79 Å². The summed E-state index contributed by atoms with van der Waals surface area (Å²) in [7, 11) is 1.67. The lowest BCUT2D eigenvalue weighted by Gasteiger charge is -2.36. The summed E-state index contributed by atoms with van der Waals surface area (Å²) in [6, 6.07) is 0.0286. The Bertz CT molecular complexity index is 281. The third-order valence-electron chi connectivity index (χ3n) is 3.95. The molecule has 1 fully saturated rings. The fourth-order valence-corrected chi connectivity index (χ4v) is 2.86. The van der Waals surface area contributed by atoms with E-state index in [0.717, 1.165) is 25.8 Å². The Morgan fingerprint density at radius 1 is 1.42 bits per heavy atom. The van der Waals surface area contributed by atoms with Crippen molar-refractivity contribution < 1.29 is 9.53 Å². The summed E-state index contributed by atoms with van der Waals surface area (Å²) in [6.07, 6.45) is 3.05. The van der Waals surface area contributed by atoms with Crippen LogP contribution in [0.1, 0.15) is 40.0 Å². The van der Waals surface area contributed by atoms with E-state index in [1.807, 2.05) is 4.90 Å². The number of hydrogen-bond donors (Lipinski definition) is 1. The van der Waals surface area contributed by atoms with Gasteiger partial charge in [0.15, 0.2) is 0 Å². The van der Waals surface area contributed by atoms with Crippen LogP contribution < -0.4 is 5.73 Å². The Labute approximate surface area is 117 Å². The van der Waals surface area contributed by atoms with Crippen LogP contribution in [0.4, 0.5) is 0 Å². The first kappa shape index (κ1) is 16.4. The second-order valence-electron chi connectivity index (χ2n) is 6.36. The molecule has 3 atom stereocenters. The number of amides is 1. The Balaban J connectivity index is 2.67. The number of rotatable bonds is 6. The number of nitrogens with two attached hydrogens (primary N) is 1. The summed E-state index contributed by atoms with van der Waals surface area (Å²) in [5.74, 6) is 1.30. The molecule has 0 aliphatic heterocycles. The van der Waals surface area contributed by atoms with E-state index in [2.05, 4.69) is 20.8 Å². The Hall–Kier alpha value is -0.610. The minimum absolute atomic E-state index is 0.000596. The van der Waals surface area contributed by atoms with Gasteiger partial charge in [-0.05, 0) is 31.1 Å². The van der Waals surface area contributed by atoms with Gasteiger partial charge in [0.2, 0.25) is 5.91 Å². The van der Waals surface area contributed by atoms with Crippen molar-refractivity contribution in [3.63, 3.8) is 0 Å². The first-order valence-electron chi connectivity index (χ1n) is 7.49. The zero-order valence-electron chi connectivity index (χ0n) is 12.9. The van der Waals surface area contributed by atoms with Crippen LogP contribution >= 0.6 is 0 Å². The maximum atomic E-state index is 12.7. The van der Waals surface area contributed by atoms with Gasteiger partial charge in [-0.15, -0.1) is 0 Å². The number of ether oxygens (including phenoxy) is 1. The maximum absolute atomic E-state index is 12.7. The summed E-state index contributed by atoms with van der Waals surface area (Å²) >= 11 is 0. The van der Waals surface area contributed by atoms with Crippen LogP contribution in [0.15, 0.2) is 0 Å². The quantitative estimate of drug-likeness (QED) is 0.802. The molecule has 0 aromatic carbocycles. The summed E-state index contributed by atoms with van der Waals surface area (Å²) < 4.78 is 5.11. The largest absolute Gasteiger partial charge is 0.383 e. The zero-order valence-corrected chi connectivity index (χ0v) is 12.9. The molecule has 0 radical (unpaired) electrons. The molecule has 19 heavy (non-hydrogen) atoms. The average molecular weight is 270 g/mol. The molecule has 0 bridgehead atoms. The van der Waals surface area contributed by atoms with Crippen molar-refractivity contribution in [1.82, 2.24) is 4.90 Å². The molecule has 1 rings (SSSR count). The van der Waals surface area contributed by atoms with E-state index < -0.39 is 0 Å². The van der Waals surface area contributed by atoms with E-state index in [0.29, 0.717) is 25.0 Å². The van der Waals surface area contributed by atoms with E-state index in [9.17, 15) is 4.79 Å². The molecule has 1 aliphatic carbocycles. The molecule has 3 unspecified atom stereocenters. The van der Waals surface area contributed by atoms with Gasteiger partial charge in [-0.2, -0.15) is 0 Å². The third-order valence-corrected chi connectivity index (χ3v) is 3.95. The third kappa shape index (κ3) is 5.11. The highest BCUT2D eigenvalue weighted by Crippen LogP contribution is 2.29. The van der Waals surface area contributed by atoms with Crippen molar-refractivity contribution in [2.75, 3.05) is 26.8 Å². The van der Waals surface area contributed by atoms with Crippen molar-refractivity contribution in [3.05, 3.63) is 0 Å². The van der Waals surface area contributed by atoms with E-state index in [1.54, 1.807) is 7.11 Å². The van der Waals surface area contributed by atoms with Gasteiger partial charge in [0.05, 0.1) is 12.5 Å². The number of carbonyl (C=O) groups is 1. The fourth-order valence-electron chi connectivity index (χ4n) is 2.86. The number of hydrogen-bond acceptors (Lipinski definition) is 3. The van der Waals surface area contributed by atoms with Crippen LogP contribution in [0.2, 0.25) is 0 Å². The molecule has 4 heteroatoms. The molecule has 2 N–H and O–H groups in total. The molecular formula is C15H30N2O2. The summed E-state index contributed by atoms with van der Waals surface area (Å²) in [5.41, 5.74) is 6.16. The SMILES string of the molecule is COCCN(CC(C)C)C(=O)C1CC(C)CCC1N. The second kappa shape index (κ2) is 7.85. The van der Waals surface area contributed by atoms with Crippen molar-refractivity contribution in [1.29, 1.82) is 0 Å². The first-order chi connectivity index (χ1) is 8.95. The van der Waals surface area contributed by atoms with Gasteiger partial charge in [-0.25, -0.2) is 0 Å². The monoisotopic (exact) mass is 270 g/mol. The summed E-state index contributed by atoms with van der Waals surface area (Å²) in [5, 5.41) is 0. The van der Waals surface area contributed by atoms with Crippen LogP contribution in [0.3, 0.4) is 0 Å². The molecule has 1 saturated carbocycles. The van der Waals surface area contributed by atoms with Crippen LogP contribution in [-0.2, 0) is 9.53 Å². The molecule has 1 amide bonds. The molecule has 0 aromatic heterocycles. The lowest BCUT2D eigenvalue weighted by Crippen LogP contribution is -2.48. The van der Waals surface area contributed by atoms with Gasteiger partial charge in [-0.1, -0.05) is 20.8 Å². The fraction of sp³-hybridized carbons (Fsp3) is 0.933. The highest BCUT2D eigenvalue weighted by molar-refractivity contribution is 5.79.